The van der Waals surface area contributed by atoms with Gasteiger partial charge in [0.25, 0.3) is 17.0 Å². The van der Waals surface area contributed by atoms with Crippen LogP contribution in [0, 0.1) is 0 Å². The van der Waals surface area contributed by atoms with Crippen LogP contribution in [-0.2, 0) is 0 Å². The minimum atomic E-state index is -0.457. The first kappa shape index (κ1) is 12.4. The summed E-state index contributed by atoms with van der Waals surface area (Å²) in [6.07, 6.45) is 0. The number of H-pyrrole nitrogens is 2. The quantitative estimate of drug-likeness (QED) is 0.667. The summed E-state index contributed by atoms with van der Waals surface area (Å²) in [4.78, 5) is 36.1. The summed E-state index contributed by atoms with van der Waals surface area (Å²) in [5, 5.41) is 9.34. The fourth-order valence-corrected chi connectivity index (χ4v) is 2.54. The highest BCUT2D eigenvalue weighted by molar-refractivity contribution is 7.12. The van der Waals surface area contributed by atoms with Gasteiger partial charge in [-0.25, -0.2) is 0 Å². The minimum absolute atomic E-state index is 0.168. The van der Waals surface area contributed by atoms with Crippen molar-refractivity contribution in [2.45, 2.75) is 0 Å². The summed E-state index contributed by atoms with van der Waals surface area (Å²) in [6, 6.07) is 8.18. The van der Waals surface area contributed by atoms with Gasteiger partial charge < -0.3 is 5.32 Å². The zero-order valence-corrected chi connectivity index (χ0v) is 10.9. The van der Waals surface area contributed by atoms with E-state index in [0.29, 0.717) is 10.6 Å². The number of amides is 1. The number of aromatic nitrogens is 2. The van der Waals surface area contributed by atoms with E-state index in [2.05, 4.69) is 15.5 Å². The van der Waals surface area contributed by atoms with E-state index in [4.69, 9.17) is 0 Å². The fraction of sp³-hybridized carbons (Fsp3) is 0. The van der Waals surface area contributed by atoms with E-state index >= 15 is 0 Å². The average molecular weight is 287 g/mol. The molecule has 0 radical (unpaired) electrons. The van der Waals surface area contributed by atoms with E-state index in [-0.39, 0.29) is 16.7 Å². The fourth-order valence-electron chi connectivity index (χ4n) is 1.93. The zero-order valence-electron chi connectivity index (χ0n) is 10.1. The third kappa shape index (κ3) is 2.04. The van der Waals surface area contributed by atoms with E-state index in [1.807, 2.05) is 0 Å². The highest BCUT2D eigenvalue weighted by Crippen LogP contribution is 2.18. The Labute approximate surface area is 116 Å². The van der Waals surface area contributed by atoms with Crippen molar-refractivity contribution in [2.24, 2.45) is 0 Å². The minimum Gasteiger partial charge on any atom is -0.321 e. The molecule has 20 heavy (non-hydrogen) atoms. The van der Waals surface area contributed by atoms with Crippen LogP contribution in [0.25, 0.3) is 10.8 Å². The Bertz CT molecular complexity index is 893. The largest absolute Gasteiger partial charge is 0.321 e. The molecule has 0 aliphatic heterocycles. The first-order chi connectivity index (χ1) is 9.66. The number of carbonyl (C=O) groups excluding carboxylic acids is 1. The van der Waals surface area contributed by atoms with Crippen LogP contribution in [0.1, 0.15) is 9.67 Å². The normalized spacial score (nSPS) is 10.6. The lowest BCUT2D eigenvalue weighted by atomic mass is 10.1. The van der Waals surface area contributed by atoms with Gasteiger partial charge in [0.2, 0.25) is 0 Å². The van der Waals surface area contributed by atoms with E-state index in [0.717, 1.165) is 0 Å². The molecule has 6 nitrogen and oxygen atoms in total. The molecule has 1 aromatic carbocycles. The number of fused-ring (bicyclic) bond motifs is 1. The lowest BCUT2D eigenvalue weighted by molar-refractivity contribution is 0.103. The average Bonchev–Trinajstić information content (AvgIpc) is 2.97. The molecule has 1 amide bonds. The van der Waals surface area contributed by atoms with Crippen molar-refractivity contribution < 1.29 is 4.79 Å². The summed E-state index contributed by atoms with van der Waals surface area (Å²) in [6.45, 7) is 0. The van der Waals surface area contributed by atoms with Crippen LogP contribution >= 0.6 is 11.3 Å². The first-order valence-electron chi connectivity index (χ1n) is 5.75. The molecule has 2 aromatic heterocycles. The van der Waals surface area contributed by atoms with Gasteiger partial charge in [-0.1, -0.05) is 12.1 Å². The standard InChI is InChI=1S/C13H9N3O3S/c17-11-7-3-1-4-8(10(7)13(19)16-15-11)14-12(18)9-5-2-6-20-9/h1-6H,(H,14,18)(H,15,17)(H,16,19). The lowest BCUT2D eigenvalue weighted by Gasteiger charge is -2.06. The monoisotopic (exact) mass is 287 g/mol. The molecule has 0 fully saturated rings. The summed E-state index contributed by atoms with van der Waals surface area (Å²) >= 11 is 1.30. The number of benzene rings is 1. The van der Waals surface area contributed by atoms with Crippen LogP contribution in [0.3, 0.4) is 0 Å². The molecule has 0 atom stereocenters. The number of aromatic amines is 2. The molecular weight excluding hydrogens is 278 g/mol. The van der Waals surface area contributed by atoms with Gasteiger partial charge in [-0.3, -0.25) is 24.6 Å². The van der Waals surface area contributed by atoms with Gasteiger partial charge in [0.1, 0.15) is 0 Å². The Morgan fingerprint density at radius 1 is 1.05 bits per heavy atom. The predicted octanol–water partition coefficient (Wildman–Crippen LogP) is 1.53. The first-order valence-corrected chi connectivity index (χ1v) is 6.63. The summed E-state index contributed by atoms with van der Waals surface area (Å²) in [5.74, 6) is -0.313. The maximum Gasteiger partial charge on any atom is 0.272 e. The molecule has 0 saturated carbocycles. The van der Waals surface area contributed by atoms with Crippen molar-refractivity contribution in [3.8, 4) is 0 Å². The second-order valence-corrected chi connectivity index (χ2v) is 5.02. The molecule has 0 aliphatic carbocycles. The van der Waals surface area contributed by atoms with Gasteiger partial charge in [0, 0.05) is 0 Å². The second kappa shape index (κ2) is 4.78. The zero-order chi connectivity index (χ0) is 14.1. The molecular formula is C13H9N3O3S. The van der Waals surface area contributed by atoms with Gasteiger partial charge in [-0.15, -0.1) is 11.3 Å². The molecule has 3 N–H and O–H groups in total. The van der Waals surface area contributed by atoms with Gasteiger partial charge in [0.05, 0.1) is 21.3 Å². The Hall–Kier alpha value is -2.67. The highest BCUT2D eigenvalue weighted by Gasteiger charge is 2.12. The topological polar surface area (TPSA) is 94.8 Å². The van der Waals surface area contributed by atoms with Crippen molar-refractivity contribution in [3.05, 3.63) is 61.3 Å². The van der Waals surface area contributed by atoms with Crippen LogP contribution in [0.5, 0.6) is 0 Å². The molecule has 0 bridgehead atoms. The Morgan fingerprint density at radius 3 is 2.60 bits per heavy atom. The second-order valence-electron chi connectivity index (χ2n) is 4.07. The Morgan fingerprint density at radius 2 is 1.85 bits per heavy atom. The van der Waals surface area contributed by atoms with E-state index < -0.39 is 11.1 Å². The third-order valence-corrected chi connectivity index (χ3v) is 3.69. The van der Waals surface area contributed by atoms with Crippen molar-refractivity contribution in [3.63, 3.8) is 0 Å². The smallest absolute Gasteiger partial charge is 0.272 e. The van der Waals surface area contributed by atoms with Gasteiger partial charge >= 0.3 is 0 Å². The van der Waals surface area contributed by atoms with E-state index in [1.165, 1.54) is 17.4 Å². The molecule has 0 aliphatic rings. The molecule has 3 aromatic rings. The molecule has 0 saturated heterocycles. The molecule has 100 valence electrons. The van der Waals surface area contributed by atoms with Crippen LogP contribution in [-0.4, -0.2) is 16.1 Å². The van der Waals surface area contributed by atoms with Crippen molar-refractivity contribution >= 4 is 33.7 Å². The SMILES string of the molecule is O=C(Nc1cccc2c(=O)[nH][nH]c(=O)c12)c1cccs1. The number of hydrogen-bond donors (Lipinski definition) is 3. The molecule has 2 heterocycles. The third-order valence-electron chi connectivity index (χ3n) is 2.82. The Kier molecular flexibility index (Phi) is 2.96. The number of nitrogens with one attached hydrogen (secondary N) is 3. The molecule has 3 rings (SSSR count). The number of hydrogen-bond acceptors (Lipinski definition) is 4. The van der Waals surface area contributed by atoms with Crippen LogP contribution in [0.2, 0.25) is 0 Å². The summed E-state index contributed by atoms with van der Waals surface area (Å²) in [7, 11) is 0. The van der Waals surface area contributed by atoms with Crippen molar-refractivity contribution in [2.75, 3.05) is 5.32 Å². The van der Waals surface area contributed by atoms with E-state index in [1.54, 1.807) is 29.6 Å². The Balaban J connectivity index is 2.13. The van der Waals surface area contributed by atoms with Gasteiger partial charge in [0.15, 0.2) is 0 Å². The van der Waals surface area contributed by atoms with Crippen molar-refractivity contribution in [1.29, 1.82) is 0 Å². The molecule has 0 spiro atoms. The number of rotatable bonds is 2. The maximum absolute atomic E-state index is 12.0. The lowest BCUT2D eigenvalue weighted by Crippen LogP contribution is -2.21. The maximum atomic E-state index is 12.0. The number of thiophene rings is 1. The number of carbonyl (C=O) groups is 1. The van der Waals surface area contributed by atoms with Gasteiger partial charge in [-0.2, -0.15) is 0 Å². The van der Waals surface area contributed by atoms with Gasteiger partial charge in [-0.05, 0) is 23.6 Å². The summed E-state index contributed by atoms with van der Waals surface area (Å²) < 4.78 is 0. The summed E-state index contributed by atoms with van der Waals surface area (Å²) in [5.41, 5.74) is -0.554. The van der Waals surface area contributed by atoms with E-state index in [9.17, 15) is 14.4 Å². The van der Waals surface area contributed by atoms with Crippen LogP contribution in [0.4, 0.5) is 5.69 Å². The highest BCUT2D eigenvalue weighted by atomic mass is 32.1. The van der Waals surface area contributed by atoms with Crippen LogP contribution < -0.4 is 16.4 Å². The van der Waals surface area contributed by atoms with Crippen molar-refractivity contribution in [1.82, 2.24) is 10.2 Å². The molecule has 0 unspecified atom stereocenters. The van der Waals surface area contributed by atoms with Crippen LogP contribution in [0.15, 0.2) is 45.3 Å². The number of anilines is 1. The predicted molar refractivity (Wildman–Crippen MR) is 77.5 cm³/mol. The molecule has 7 heteroatoms.